The summed E-state index contributed by atoms with van der Waals surface area (Å²) >= 11 is 12.2. The monoisotopic (exact) mass is 512 g/mol. The Balaban J connectivity index is 1.88. The van der Waals surface area contributed by atoms with E-state index in [9.17, 15) is 9.59 Å². The van der Waals surface area contributed by atoms with Crippen LogP contribution in [0.1, 0.15) is 30.9 Å². The third kappa shape index (κ3) is 8.61. The number of halogens is 2. The van der Waals surface area contributed by atoms with Gasteiger partial charge in [-0.3, -0.25) is 9.59 Å². The first-order chi connectivity index (χ1) is 17.0. The number of hydrogen-bond acceptors (Lipinski definition) is 3. The summed E-state index contributed by atoms with van der Waals surface area (Å²) in [4.78, 5) is 28.4. The first-order valence-corrected chi connectivity index (χ1v) is 12.5. The molecule has 0 fully saturated rings. The average Bonchev–Trinajstić information content (AvgIpc) is 2.85. The maximum absolute atomic E-state index is 13.5. The van der Waals surface area contributed by atoms with Gasteiger partial charge in [0.1, 0.15) is 11.8 Å². The third-order valence-corrected chi connectivity index (χ3v) is 5.97. The van der Waals surface area contributed by atoms with E-state index < -0.39 is 6.04 Å². The second kappa shape index (κ2) is 13.8. The molecular formula is C28H30Cl2N2O3. The lowest BCUT2D eigenvalue weighted by Crippen LogP contribution is -2.51. The fourth-order valence-corrected chi connectivity index (χ4v) is 4.07. The molecule has 0 radical (unpaired) electrons. The van der Waals surface area contributed by atoms with Crippen LogP contribution in [0.15, 0.2) is 78.9 Å². The summed E-state index contributed by atoms with van der Waals surface area (Å²) in [7, 11) is 0. The molecule has 7 heteroatoms. The van der Waals surface area contributed by atoms with Gasteiger partial charge < -0.3 is 15.0 Å². The van der Waals surface area contributed by atoms with Crippen LogP contribution in [0, 0.1) is 0 Å². The molecule has 0 saturated carbocycles. The van der Waals surface area contributed by atoms with Gasteiger partial charge in [0.15, 0.2) is 6.61 Å². The van der Waals surface area contributed by atoms with Crippen LogP contribution in [0.2, 0.25) is 10.0 Å². The Bertz CT molecular complexity index is 1110. The van der Waals surface area contributed by atoms with Crippen molar-refractivity contribution in [1.82, 2.24) is 10.2 Å². The van der Waals surface area contributed by atoms with Crippen LogP contribution < -0.4 is 10.1 Å². The van der Waals surface area contributed by atoms with Gasteiger partial charge in [-0.25, -0.2) is 0 Å². The SMILES string of the molecule is CCCCNC(=O)C(Cc1ccccc1)N(Cc1cccc(Cl)c1)C(=O)COc1cccc(Cl)c1. The zero-order valence-corrected chi connectivity index (χ0v) is 21.3. The van der Waals surface area contributed by atoms with E-state index in [4.69, 9.17) is 27.9 Å². The molecule has 0 heterocycles. The molecule has 1 unspecified atom stereocenters. The molecule has 0 aliphatic carbocycles. The molecular weight excluding hydrogens is 483 g/mol. The van der Waals surface area contributed by atoms with E-state index in [2.05, 4.69) is 12.2 Å². The van der Waals surface area contributed by atoms with Crippen LogP contribution in [0.4, 0.5) is 0 Å². The quantitative estimate of drug-likeness (QED) is 0.306. The summed E-state index contributed by atoms with van der Waals surface area (Å²) in [5.74, 6) is -0.0162. The van der Waals surface area contributed by atoms with Crippen LogP contribution in [0.25, 0.3) is 0 Å². The van der Waals surface area contributed by atoms with E-state index in [0.29, 0.717) is 28.8 Å². The largest absolute Gasteiger partial charge is 0.484 e. The topological polar surface area (TPSA) is 58.6 Å². The van der Waals surface area contributed by atoms with Crippen molar-refractivity contribution in [2.75, 3.05) is 13.2 Å². The highest BCUT2D eigenvalue weighted by atomic mass is 35.5. The molecule has 0 bridgehead atoms. The Morgan fingerprint density at radius 3 is 2.29 bits per heavy atom. The van der Waals surface area contributed by atoms with Crippen molar-refractivity contribution >= 4 is 35.0 Å². The van der Waals surface area contributed by atoms with E-state index in [-0.39, 0.29) is 25.0 Å². The van der Waals surface area contributed by atoms with Gasteiger partial charge in [-0.05, 0) is 47.9 Å². The lowest BCUT2D eigenvalue weighted by Gasteiger charge is -2.31. The second-order valence-electron chi connectivity index (χ2n) is 8.25. The van der Waals surface area contributed by atoms with E-state index in [0.717, 1.165) is 24.0 Å². The van der Waals surface area contributed by atoms with E-state index in [1.54, 1.807) is 41.3 Å². The van der Waals surface area contributed by atoms with Gasteiger partial charge in [0.2, 0.25) is 5.91 Å². The van der Waals surface area contributed by atoms with Crippen molar-refractivity contribution in [3.63, 3.8) is 0 Å². The van der Waals surface area contributed by atoms with Crippen LogP contribution in [-0.2, 0) is 22.6 Å². The molecule has 184 valence electrons. The van der Waals surface area contributed by atoms with E-state index in [1.165, 1.54) is 0 Å². The predicted octanol–water partition coefficient (Wildman–Crippen LogP) is 5.93. The van der Waals surface area contributed by atoms with Gasteiger partial charge >= 0.3 is 0 Å². The number of ether oxygens (including phenoxy) is 1. The molecule has 5 nitrogen and oxygen atoms in total. The first kappa shape index (κ1) is 26.6. The third-order valence-electron chi connectivity index (χ3n) is 5.50. The lowest BCUT2D eigenvalue weighted by atomic mass is 10.0. The number of carbonyl (C=O) groups is 2. The first-order valence-electron chi connectivity index (χ1n) is 11.7. The number of rotatable bonds is 12. The summed E-state index contributed by atoms with van der Waals surface area (Å²) in [5, 5.41) is 4.08. The number of benzene rings is 3. The van der Waals surface area contributed by atoms with Crippen molar-refractivity contribution in [3.05, 3.63) is 100 Å². The second-order valence-corrected chi connectivity index (χ2v) is 9.12. The van der Waals surface area contributed by atoms with Crippen molar-refractivity contribution in [1.29, 1.82) is 0 Å². The Labute approximate surface area is 217 Å². The van der Waals surface area contributed by atoms with Crippen LogP contribution >= 0.6 is 23.2 Å². The Morgan fingerprint density at radius 2 is 1.60 bits per heavy atom. The number of nitrogens with one attached hydrogen (secondary N) is 1. The van der Waals surface area contributed by atoms with Crippen LogP contribution in [0.3, 0.4) is 0 Å². The minimum Gasteiger partial charge on any atom is -0.484 e. The minimum absolute atomic E-state index is 0.194. The molecule has 1 N–H and O–H groups in total. The van der Waals surface area contributed by atoms with Gasteiger partial charge in [-0.15, -0.1) is 0 Å². The van der Waals surface area contributed by atoms with Gasteiger partial charge in [-0.2, -0.15) is 0 Å². The van der Waals surface area contributed by atoms with Crippen LogP contribution in [-0.4, -0.2) is 35.9 Å². The standard InChI is InChI=1S/C28H30Cl2N2O3/c1-2-3-15-31-28(34)26(17-21-9-5-4-6-10-21)32(19-22-11-7-12-23(29)16-22)27(33)20-35-25-14-8-13-24(30)18-25/h4-14,16,18,26H,2-3,15,17,19-20H2,1H3,(H,31,34). The highest BCUT2D eigenvalue weighted by molar-refractivity contribution is 6.30. The molecule has 0 aliphatic heterocycles. The molecule has 3 aromatic rings. The lowest BCUT2D eigenvalue weighted by molar-refractivity contribution is -0.142. The fourth-order valence-electron chi connectivity index (χ4n) is 3.68. The normalized spacial score (nSPS) is 11.5. The number of amides is 2. The molecule has 0 aliphatic rings. The van der Waals surface area contributed by atoms with Gasteiger partial charge in [0, 0.05) is 29.6 Å². The van der Waals surface area contributed by atoms with E-state index in [1.807, 2.05) is 42.5 Å². The Hall–Kier alpha value is -3.02. The number of hydrogen-bond donors (Lipinski definition) is 1. The summed E-state index contributed by atoms with van der Waals surface area (Å²) in [5.41, 5.74) is 1.79. The minimum atomic E-state index is -0.719. The van der Waals surface area contributed by atoms with Crippen molar-refractivity contribution in [2.45, 2.75) is 38.8 Å². The highest BCUT2D eigenvalue weighted by Crippen LogP contribution is 2.20. The van der Waals surface area contributed by atoms with Crippen molar-refractivity contribution in [2.24, 2.45) is 0 Å². The summed E-state index contributed by atoms with van der Waals surface area (Å²) in [6, 6.07) is 23.1. The maximum Gasteiger partial charge on any atom is 0.261 e. The smallest absolute Gasteiger partial charge is 0.261 e. The molecule has 3 aromatic carbocycles. The predicted molar refractivity (Wildman–Crippen MR) is 141 cm³/mol. The molecule has 0 spiro atoms. The number of unbranched alkanes of at least 4 members (excludes halogenated alkanes) is 1. The Kier molecular flexibility index (Phi) is 10.5. The molecule has 0 aromatic heterocycles. The average molecular weight is 513 g/mol. The molecule has 0 saturated heterocycles. The highest BCUT2D eigenvalue weighted by Gasteiger charge is 2.30. The zero-order chi connectivity index (χ0) is 25.0. The maximum atomic E-state index is 13.5. The van der Waals surface area contributed by atoms with Gasteiger partial charge in [0.05, 0.1) is 0 Å². The summed E-state index contributed by atoms with van der Waals surface area (Å²) < 4.78 is 5.74. The molecule has 35 heavy (non-hydrogen) atoms. The van der Waals surface area contributed by atoms with E-state index >= 15 is 0 Å². The van der Waals surface area contributed by atoms with Crippen molar-refractivity contribution < 1.29 is 14.3 Å². The van der Waals surface area contributed by atoms with Crippen LogP contribution in [0.5, 0.6) is 5.75 Å². The number of carbonyl (C=O) groups excluding carboxylic acids is 2. The van der Waals surface area contributed by atoms with Gasteiger partial charge in [0.25, 0.3) is 5.91 Å². The number of nitrogens with zero attached hydrogens (tertiary/aromatic N) is 1. The summed E-state index contributed by atoms with van der Waals surface area (Å²) in [6.45, 7) is 2.61. The zero-order valence-electron chi connectivity index (χ0n) is 19.8. The van der Waals surface area contributed by atoms with Crippen molar-refractivity contribution in [3.8, 4) is 5.75 Å². The summed E-state index contributed by atoms with van der Waals surface area (Å²) in [6.07, 6.45) is 2.20. The Morgan fingerprint density at radius 1 is 0.914 bits per heavy atom. The van der Waals surface area contributed by atoms with Gasteiger partial charge in [-0.1, -0.05) is 85.1 Å². The molecule has 3 rings (SSSR count). The molecule has 2 amide bonds. The molecule has 1 atom stereocenters. The fraction of sp³-hybridized carbons (Fsp3) is 0.286.